The van der Waals surface area contributed by atoms with Crippen molar-refractivity contribution in [3.63, 3.8) is 0 Å². The van der Waals surface area contributed by atoms with Gasteiger partial charge in [-0.2, -0.15) is 0 Å². The SMILES string of the molecule is C[C@H](N)C(=O)NCC(C)(C)c1ccc2c(c1)OCO2. The Morgan fingerprint density at radius 2 is 2.11 bits per heavy atom. The first-order chi connectivity index (χ1) is 8.90. The minimum Gasteiger partial charge on any atom is -0.454 e. The van der Waals surface area contributed by atoms with Gasteiger partial charge in [0, 0.05) is 12.0 Å². The van der Waals surface area contributed by atoms with Gasteiger partial charge in [-0.05, 0) is 24.6 Å². The number of amides is 1. The highest BCUT2D eigenvalue weighted by atomic mass is 16.7. The fourth-order valence-electron chi connectivity index (χ4n) is 1.89. The van der Waals surface area contributed by atoms with Gasteiger partial charge in [-0.1, -0.05) is 19.9 Å². The van der Waals surface area contributed by atoms with Crippen molar-refractivity contribution in [1.29, 1.82) is 0 Å². The first kappa shape index (κ1) is 13.7. The van der Waals surface area contributed by atoms with Crippen molar-refractivity contribution < 1.29 is 14.3 Å². The second kappa shape index (κ2) is 5.09. The molecule has 0 fully saturated rings. The number of fused-ring (bicyclic) bond motifs is 1. The third kappa shape index (κ3) is 2.98. The van der Waals surface area contributed by atoms with Crippen molar-refractivity contribution in [2.75, 3.05) is 13.3 Å². The lowest BCUT2D eigenvalue weighted by Crippen LogP contribution is -2.43. The van der Waals surface area contributed by atoms with Gasteiger partial charge in [-0.15, -0.1) is 0 Å². The average Bonchev–Trinajstić information content (AvgIpc) is 2.82. The van der Waals surface area contributed by atoms with E-state index in [1.165, 1.54) is 0 Å². The van der Waals surface area contributed by atoms with Crippen molar-refractivity contribution in [3.05, 3.63) is 23.8 Å². The van der Waals surface area contributed by atoms with E-state index in [0.717, 1.165) is 17.1 Å². The van der Waals surface area contributed by atoms with Crippen molar-refractivity contribution in [2.45, 2.75) is 32.2 Å². The van der Waals surface area contributed by atoms with E-state index in [1.54, 1.807) is 6.92 Å². The zero-order chi connectivity index (χ0) is 14.0. The van der Waals surface area contributed by atoms with Gasteiger partial charge in [0.05, 0.1) is 6.04 Å². The standard InChI is InChI=1S/C14H20N2O3/c1-9(15)13(17)16-7-14(2,3)10-4-5-11-12(6-10)19-8-18-11/h4-6,9H,7-8,15H2,1-3H3,(H,16,17)/t9-/m0/s1. The highest BCUT2D eigenvalue weighted by Gasteiger charge is 2.25. The maximum Gasteiger partial charge on any atom is 0.236 e. The molecule has 5 nitrogen and oxygen atoms in total. The van der Waals surface area contributed by atoms with Crippen LogP contribution in [0.15, 0.2) is 18.2 Å². The fraction of sp³-hybridized carbons (Fsp3) is 0.500. The van der Waals surface area contributed by atoms with E-state index < -0.39 is 6.04 Å². The summed E-state index contributed by atoms with van der Waals surface area (Å²) in [6, 6.07) is 5.35. The molecule has 1 heterocycles. The number of rotatable bonds is 4. The third-order valence-corrected chi connectivity index (χ3v) is 3.27. The number of hydrogen-bond acceptors (Lipinski definition) is 4. The first-order valence-electron chi connectivity index (χ1n) is 6.33. The summed E-state index contributed by atoms with van der Waals surface area (Å²) >= 11 is 0. The van der Waals surface area contributed by atoms with Crippen molar-refractivity contribution in [2.24, 2.45) is 5.73 Å². The third-order valence-electron chi connectivity index (χ3n) is 3.27. The summed E-state index contributed by atoms with van der Waals surface area (Å²) < 4.78 is 10.7. The minimum absolute atomic E-state index is 0.145. The summed E-state index contributed by atoms with van der Waals surface area (Å²) in [7, 11) is 0. The summed E-state index contributed by atoms with van der Waals surface area (Å²) in [6.45, 7) is 6.58. The molecular formula is C14H20N2O3. The monoisotopic (exact) mass is 264 g/mol. The molecule has 5 heteroatoms. The Morgan fingerprint density at radius 3 is 2.79 bits per heavy atom. The second-order valence-electron chi connectivity index (χ2n) is 5.46. The summed E-state index contributed by atoms with van der Waals surface area (Å²) in [5.41, 5.74) is 6.41. The number of hydrogen-bond donors (Lipinski definition) is 2. The van der Waals surface area contributed by atoms with Crippen molar-refractivity contribution in [1.82, 2.24) is 5.32 Å². The summed E-state index contributed by atoms with van der Waals surface area (Å²) in [5, 5.41) is 2.85. The maximum absolute atomic E-state index is 11.5. The van der Waals surface area contributed by atoms with Gasteiger partial charge in [-0.25, -0.2) is 0 Å². The summed E-state index contributed by atoms with van der Waals surface area (Å²) in [4.78, 5) is 11.5. The van der Waals surface area contributed by atoms with E-state index in [4.69, 9.17) is 15.2 Å². The molecule has 0 radical (unpaired) electrons. The molecule has 0 saturated heterocycles. The number of nitrogens with two attached hydrogens (primary N) is 1. The van der Waals surface area contributed by atoms with Crippen molar-refractivity contribution >= 4 is 5.91 Å². The lowest BCUT2D eigenvalue weighted by Gasteiger charge is -2.26. The average molecular weight is 264 g/mol. The maximum atomic E-state index is 11.5. The molecule has 0 unspecified atom stereocenters. The largest absolute Gasteiger partial charge is 0.454 e. The van der Waals surface area contributed by atoms with Crippen LogP contribution in [0.2, 0.25) is 0 Å². The Morgan fingerprint density at radius 1 is 1.42 bits per heavy atom. The van der Waals surface area contributed by atoms with Crippen LogP contribution in [0, 0.1) is 0 Å². The molecule has 1 atom stereocenters. The first-order valence-corrected chi connectivity index (χ1v) is 6.33. The van der Waals surface area contributed by atoms with E-state index in [1.807, 2.05) is 18.2 Å². The number of nitrogens with one attached hydrogen (secondary N) is 1. The zero-order valence-corrected chi connectivity index (χ0v) is 11.5. The number of carbonyl (C=O) groups is 1. The molecule has 0 aliphatic carbocycles. The van der Waals surface area contributed by atoms with Crippen LogP contribution in [0.25, 0.3) is 0 Å². The fourth-order valence-corrected chi connectivity index (χ4v) is 1.89. The molecule has 1 aromatic rings. The number of benzene rings is 1. The molecule has 1 aromatic carbocycles. The van der Waals surface area contributed by atoms with Gasteiger partial charge in [0.15, 0.2) is 11.5 Å². The van der Waals surface area contributed by atoms with Gasteiger partial charge in [0.1, 0.15) is 0 Å². The topological polar surface area (TPSA) is 73.6 Å². The van der Waals surface area contributed by atoms with Gasteiger partial charge in [0.2, 0.25) is 12.7 Å². The lowest BCUT2D eigenvalue weighted by atomic mass is 9.84. The van der Waals surface area contributed by atoms with Crippen LogP contribution < -0.4 is 20.5 Å². The van der Waals surface area contributed by atoms with Crippen molar-refractivity contribution in [3.8, 4) is 11.5 Å². The van der Waals surface area contributed by atoms with Crippen LogP contribution in [0.1, 0.15) is 26.3 Å². The predicted octanol–water partition coefficient (Wildman–Crippen LogP) is 1.16. The molecule has 3 N–H and O–H groups in total. The molecule has 0 saturated carbocycles. The van der Waals surface area contributed by atoms with E-state index in [-0.39, 0.29) is 18.1 Å². The van der Waals surface area contributed by atoms with Crippen LogP contribution in [0.5, 0.6) is 11.5 Å². The molecule has 2 rings (SSSR count). The van der Waals surface area contributed by atoms with Crippen LogP contribution in [0.4, 0.5) is 0 Å². The van der Waals surface area contributed by atoms with Crippen LogP contribution >= 0.6 is 0 Å². The smallest absolute Gasteiger partial charge is 0.236 e. The molecule has 0 spiro atoms. The van der Waals surface area contributed by atoms with Gasteiger partial charge >= 0.3 is 0 Å². The Bertz CT molecular complexity index is 484. The molecule has 19 heavy (non-hydrogen) atoms. The van der Waals surface area contributed by atoms with E-state index >= 15 is 0 Å². The Labute approximate surface area is 113 Å². The molecule has 1 aliphatic heterocycles. The van der Waals surface area contributed by atoms with Crippen LogP contribution in [0.3, 0.4) is 0 Å². The molecular weight excluding hydrogens is 244 g/mol. The van der Waals surface area contributed by atoms with Crippen LogP contribution in [-0.4, -0.2) is 25.3 Å². The quantitative estimate of drug-likeness (QED) is 0.855. The highest BCUT2D eigenvalue weighted by Crippen LogP contribution is 2.36. The van der Waals surface area contributed by atoms with Gasteiger partial charge in [-0.3, -0.25) is 4.79 Å². The molecule has 1 amide bonds. The van der Waals surface area contributed by atoms with E-state index in [2.05, 4.69) is 19.2 Å². The molecule has 1 aliphatic rings. The lowest BCUT2D eigenvalue weighted by molar-refractivity contribution is -0.122. The molecule has 0 aromatic heterocycles. The zero-order valence-electron chi connectivity index (χ0n) is 11.5. The summed E-state index contributed by atoms with van der Waals surface area (Å²) in [6.07, 6.45) is 0. The Kier molecular flexibility index (Phi) is 3.66. The van der Waals surface area contributed by atoms with Crippen LogP contribution in [-0.2, 0) is 10.2 Å². The molecule has 0 bridgehead atoms. The molecule has 104 valence electrons. The van der Waals surface area contributed by atoms with E-state index in [9.17, 15) is 4.79 Å². The summed E-state index contributed by atoms with van der Waals surface area (Å²) in [5.74, 6) is 1.37. The highest BCUT2D eigenvalue weighted by molar-refractivity contribution is 5.81. The second-order valence-corrected chi connectivity index (χ2v) is 5.46. The number of ether oxygens (including phenoxy) is 2. The van der Waals surface area contributed by atoms with Gasteiger partial charge in [0.25, 0.3) is 0 Å². The minimum atomic E-state index is -0.493. The predicted molar refractivity (Wildman–Crippen MR) is 72.3 cm³/mol. The Balaban J connectivity index is 2.08. The van der Waals surface area contributed by atoms with Gasteiger partial charge < -0.3 is 20.5 Å². The normalized spacial score (nSPS) is 15.2. The Hall–Kier alpha value is -1.75. The van der Waals surface area contributed by atoms with E-state index in [0.29, 0.717) is 6.54 Å². The number of carbonyl (C=O) groups excluding carboxylic acids is 1.